The van der Waals surface area contributed by atoms with E-state index in [0.29, 0.717) is 17.3 Å². The first kappa shape index (κ1) is 11.7. The number of hydrogen-bond acceptors (Lipinski definition) is 2. The molecule has 0 saturated heterocycles. The molecule has 0 aliphatic carbocycles. The van der Waals surface area contributed by atoms with E-state index in [1.807, 2.05) is 12.1 Å². The van der Waals surface area contributed by atoms with Crippen molar-refractivity contribution < 1.29 is 9.90 Å². The molecule has 88 valence electrons. The smallest absolute Gasteiger partial charge is 0.354 e. The first-order valence-corrected chi connectivity index (χ1v) is 5.46. The quantitative estimate of drug-likeness (QED) is 0.911. The summed E-state index contributed by atoms with van der Waals surface area (Å²) in [6, 6.07) is 8.83. The third kappa shape index (κ3) is 2.65. The van der Waals surface area contributed by atoms with Crippen LogP contribution in [0.3, 0.4) is 0 Å². The van der Waals surface area contributed by atoms with Crippen molar-refractivity contribution in [3.63, 3.8) is 0 Å². The van der Waals surface area contributed by atoms with E-state index in [2.05, 4.69) is 5.10 Å². The van der Waals surface area contributed by atoms with Crippen molar-refractivity contribution in [3.8, 4) is 0 Å². The topological polar surface area (TPSA) is 55.1 Å². The van der Waals surface area contributed by atoms with Crippen molar-refractivity contribution in [2.45, 2.75) is 13.5 Å². The van der Waals surface area contributed by atoms with Crippen molar-refractivity contribution in [1.82, 2.24) is 9.78 Å². The van der Waals surface area contributed by atoms with E-state index in [0.717, 1.165) is 5.56 Å². The summed E-state index contributed by atoms with van der Waals surface area (Å²) in [6.07, 6.45) is 0. The molecular formula is C12H11ClN2O2. The molecule has 0 atom stereocenters. The van der Waals surface area contributed by atoms with E-state index < -0.39 is 5.97 Å². The second kappa shape index (κ2) is 4.59. The van der Waals surface area contributed by atoms with Gasteiger partial charge >= 0.3 is 5.97 Å². The number of halogens is 1. The molecule has 1 N–H and O–H groups in total. The Morgan fingerprint density at radius 1 is 1.47 bits per heavy atom. The Kier molecular flexibility index (Phi) is 3.15. The van der Waals surface area contributed by atoms with Gasteiger partial charge < -0.3 is 5.11 Å². The predicted molar refractivity (Wildman–Crippen MR) is 64.5 cm³/mol. The van der Waals surface area contributed by atoms with Gasteiger partial charge in [-0.2, -0.15) is 5.10 Å². The molecule has 0 aliphatic rings. The van der Waals surface area contributed by atoms with Crippen LogP contribution in [0.4, 0.5) is 0 Å². The number of carboxylic acid groups (broad SMARTS) is 1. The van der Waals surface area contributed by atoms with E-state index in [-0.39, 0.29) is 5.69 Å². The molecule has 0 radical (unpaired) electrons. The van der Waals surface area contributed by atoms with E-state index >= 15 is 0 Å². The number of benzene rings is 1. The summed E-state index contributed by atoms with van der Waals surface area (Å²) in [6.45, 7) is 2.16. The first-order valence-electron chi connectivity index (χ1n) is 5.08. The number of nitrogens with zero attached hydrogens (tertiary/aromatic N) is 2. The summed E-state index contributed by atoms with van der Waals surface area (Å²) < 4.78 is 1.46. The van der Waals surface area contributed by atoms with Crippen LogP contribution in [0.15, 0.2) is 30.3 Å². The minimum Gasteiger partial charge on any atom is -0.477 e. The zero-order valence-electron chi connectivity index (χ0n) is 9.22. The Morgan fingerprint density at radius 2 is 2.24 bits per heavy atom. The number of carboxylic acids is 1. The second-order valence-corrected chi connectivity index (χ2v) is 4.20. The Bertz CT molecular complexity index is 563. The maximum Gasteiger partial charge on any atom is 0.354 e. The SMILES string of the molecule is Cc1cc(C(=O)O)n(Cc2cccc(Cl)c2)n1. The summed E-state index contributed by atoms with van der Waals surface area (Å²) in [5, 5.41) is 13.8. The van der Waals surface area contributed by atoms with Gasteiger partial charge in [-0.3, -0.25) is 4.68 Å². The van der Waals surface area contributed by atoms with E-state index in [4.69, 9.17) is 16.7 Å². The van der Waals surface area contributed by atoms with Gasteiger partial charge in [0.05, 0.1) is 12.2 Å². The van der Waals surface area contributed by atoms with Crippen molar-refractivity contribution in [2.75, 3.05) is 0 Å². The van der Waals surface area contributed by atoms with E-state index in [1.165, 1.54) is 4.68 Å². The molecule has 0 aliphatic heterocycles. The minimum absolute atomic E-state index is 0.183. The standard InChI is InChI=1S/C12H11ClN2O2/c1-8-5-11(12(16)17)15(14-8)7-9-3-2-4-10(13)6-9/h2-6H,7H2,1H3,(H,16,17). The molecule has 4 nitrogen and oxygen atoms in total. The van der Waals surface area contributed by atoms with Crippen molar-refractivity contribution in [1.29, 1.82) is 0 Å². The predicted octanol–water partition coefficient (Wildman–Crippen LogP) is 2.59. The van der Waals surface area contributed by atoms with Crippen molar-refractivity contribution in [2.24, 2.45) is 0 Å². The Labute approximate surface area is 103 Å². The molecule has 0 amide bonds. The molecule has 1 aromatic heterocycles. The molecule has 0 spiro atoms. The molecule has 17 heavy (non-hydrogen) atoms. The number of carbonyl (C=O) groups is 1. The van der Waals surface area contributed by atoms with Crippen LogP contribution >= 0.6 is 11.6 Å². The van der Waals surface area contributed by atoms with Gasteiger partial charge in [0.15, 0.2) is 0 Å². The molecule has 1 aromatic carbocycles. The van der Waals surface area contributed by atoms with Gasteiger partial charge in [-0.15, -0.1) is 0 Å². The number of aromatic nitrogens is 2. The molecule has 0 bridgehead atoms. The van der Waals surface area contributed by atoms with Crippen molar-refractivity contribution in [3.05, 3.63) is 52.3 Å². The minimum atomic E-state index is -0.979. The molecule has 0 fully saturated rings. The number of rotatable bonds is 3. The number of hydrogen-bond donors (Lipinski definition) is 1. The van der Waals surface area contributed by atoms with Gasteiger partial charge in [0.2, 0.25) is 0 Å². The van der Waals surface area contributed by atoms with Gasteiger partial charge in [0.25, 0.3) is 0 Å². The first-order chi connectivity index (χ1) is 8.06. The Balaban J connectivity index is 2.32. The van der Waals surface area contributed by atoms with Gasteiger partial charge in [0, 0.05) is 5.02 Å². The van der Waals surface area contributed by atoms with E-state index in [1.54, 1.807) is 25.1 Å². The Morgan fingerprint density at radius 3 is 2.88 bits per heavy atom. The normalized spacial score (nSPS) is 10.5. The number of aryl methyl sites for hydroxylation is 1. The number of aromatic carboxylic acids is 1. The molecule has 0 saturated carbocycles. The lowest BCUT2D eigenvalue weighted by molar-refractivity contribution is 0.0684. The molecular weight excluding hydrogens is 240 g/mol. The van der Waals surface area contributed by atoms with Gasteiger partial charge in [-0.1, -0.05) is 23.7 Å². The molecule has 0 unspecified atom stereocenters. The monoisotopic (exact) mass is 250 g/mol. The second-order valence-electron chi connectivity index (χ2n) is 3.76. The molecule has 5 heteroatoms. The fourth-order valence-corrected chi connectivity index (χ4v) is 1.86. The summed E-state index contributed by atoms with van der Waals surface area (Å²) in [4.78, 5) is 11.0. The zero-order chi connectivity index (χ0) is 12.4. The maximum absolute atomic E-state index is 11.0. The summed E-state index contributed by atoms with van der Waals surface area (Å²) in [5.74, 6) is -0.979. The fraction of sp³-hybridized carbons (Fsp3) is 0.167. The average molecular weight is 251 g/mol. The van der Waals surface area contributed by atoms with Crippen LogP contribution in [-0.4, -0.2) is 20.9 Å². The summed E-state index contributed by atoms with van der Waals surface area (Å²) in [5.41, 5.74) is 1.79. The van der Waals surface area contributed by atoms with Crippen LogP contribution in [0.25, 0.3) is 0 Å². The highest BCUT2D eigenvalue weighted by molar-refractivity contribution is 6.30. The third-order valence-electron chi connectivity index (χ3n) is 2.34. The molecule has 2 rings (SSSR count). The molecule has 1 heterocycles. The largest absolute Gasteiger partial charge is 0.477 e. The fourth-order valence-electron chi connectivity index (χ4n) is 1.65. The van der Waals surface area contributed by atoms with Gasteiger partial charge in [0.1, 0.15) is 5.69 Å². The highest BCUT2D eigenvalue weighted by atomic mass is 35.5. The van der Waals surface area contributed by atoms with Crippen LogP contribution in [0.5, 0.6) is 0 Å². The molecule has 2 aromatic rings. The van der Waals surface area contributed by atoms with Crippen molar-refractivity contribution >= 4 is 17.6 Å². The van der Waals surface area contributed by atoms with Crippen LogP contribution in [0.1, 0.15) is 21.7 Å². The van der Waals surface area contributed by atoms with Gasteiger partial charge in [-0.25, -0.2) is 4.79 Å². The zero-order valence-corrected chi connectivity index (χ0v) is 9.98. The lowest BCUT2D eigenvalue weighted by Gasteiger charge is -2.04. The summed E-state index contributed by atoms with van der Waals surface area (Å²) >= 11 is 5.87. The van der Waals surface area contributed by atoms with E-state index in [9.17, 15) is 4.79 Å². The Hall–Kier alpha value is -1.81. The van der Waals surface area contributed by atoms with Crippen LogP contribution in [0.2, 0.25) is 5.02 Å². The lowest BCUT2D eigenvalue weighted by Crippen LogP contribution is -2.10. The lowest BCUT2D eigenvalue weighted by atomic mass is 10.2. The van der Waals surface area contributed by atoms with Crippen LogP contribution in [-0.2, 0) is 6.54 Å². The van der Waals surface area contributed by atoms with Crippen LogP contribution < -0.4 is 0 Å². The highest BCUT2D eigenvalue weighted by Gasteiger charge is 2.12. The van der Waals surface area contributed by atoms with Crippen LogP contribution in [0, 0.1) is 6.92 Å². The third-order valence-corrected chi connectivity index (χ3v) is 2.58. The average Bonchev–Trinajstić information content (AvgIpc) is 2.59. The van der Waals surface area contributed by atoms with Gasteiger partial charge in [-0.05, 0) is 30.7 Å². The summed E-state index contributed by atoms with van der Waals surface area (Å²) in [7, 11) is 0. The maximum atomic E-state index is 11.0. The highest BCUT2D eigenvalue weighted by Crippen LogP contribution is 2.13.